The molecule has 1 fully saturated rings. The molecule has 162 valence electrons. The summed E-state index contributed by atoms with van der Waals surface area (Å²) < 4.78 is 25.1. The monoisotopic (exact) mass is 468 g/mol. The summed E-state index contributed by atoms with van der Waals surface area (Å²) in [6, 6.07) is 18.9. The minimum Gasteiger partial charge on any atom is -0.493 e. The average molecular weight is 469 g/mol. The van der Waals surface area contributed by atoms with E-state index in [-0.39, 0.29) is 11.6 Å². The fourth-order valence-corrected chi connectivity index (χ4v) is 3.97. The molecule has 1 amide bonds. The van der Waals surface area contributed by atoms with E-state index in [4.69, 9.17) is 21.1 Å². The summed E-state index contributed by atoms with van der Waals surface area (Å²) in [5, 5.41) is 3.60. The summed E-state index contributed by atoms with van der Waals surface area (Å²) in [4.78, 5) is 17.0. The highest BCUT2D eigenvalue weighted by molar-refractivity contribution is 8.18. The zero-order chi connectivity index (χ0) is 22.5. The van der Waals surface area contributed by atoms with Crippen LogP contribution < -0.4 is 14.8 Å². The van der Waals surface area contributed by atoms with Crippen LogP contribution in [0.15, 0.2) is 76.6 Å². The first-order valence-corrected chi connectivity index (χ1v) is 10.8. The van der Waals surface area contributed by atoms with Crippen molar-refractivity contribution in [2.24, 2.45) is 4.99 Å². The average Bonchev–Trinajstić information content (AvgIpc) is 3.13. The van der Waals surface area contributed by atoms with Crippen LogP contribution >= 0.6 is 23.4 Å². The normalized spacial score (nSPS) is 15.8. The second kappa shape index (κ2) is 9.89. The minimum absolute atomic E-state index is 0.165. The van der Waals surface area contributed by atoms with Gasteiger partial charge in [-0.15, -0.1) is 0 Å². The molecule has 1 aliphatic rings. The number of hydrogen-bond donors (Lipinski definition) is 1. The Hall–Kier alpha value is -3.29. The van der Waals surface area contributed by atoms with Crippen LogP contribution in [0.2, 0.25) is 5.02 Å². The number of aliphatic imine (C=N–C) groups is 1. The van der Waals surface area contributed by atoms with E-state index < -0.39 is 5.82 Å². The molecule has 32 heavy (non-hydrogen) atoms. The molecule has 0 aromatic heterocycles. The van der Waals surface area contributed by atoms with E-state index in [1.165, 1.54) is 6.07 Å². The van der Waals surface area contributed by atoms with Crippen LogP contribution in [0.4, 0.5) is 10.1 Å². The molecule has 4 rings (SSSR count). The second-order valence-corrected chi connectivity index (χ2v) is 8.16. The maximum atomic E-state index is 13.8. The molecule has 1 N–H and O–H groups in total. The number of amides is 1. The van der Waals surface area contributed by atoms with Gasteiger partial charge >= 0.3 is 0 Å². The lowest BCUT2D eigenvalue weighted by atomic mass is 10.2. The molecule has 1 saturated heterocycles. The Morgan fingerprint density at radius 2 is 1.88 bits per heavy atom. The standard InChI is InChI=1S/C24H18ClFN2O3S/c1-30-21-12-15(10-11-20(21)31-14-16-6-2-3-7-17(16)25)13-22-23(29)28-24(32-22)27-19-9-5-4-8-18(19)26/h2-13H,14H2,1H3,(H,27,28,29)/b22-13-. The van der Waals surface area contributed by atoms with Gasteiger partial charge in [-0.3, -0.25) is 4.79 Å². The zero-order valence-electron chi connectivity index (χ0n) is 17.0. The molecule has 0 atom stereocenters. The summed E-state index contributed by atoms with van der Waals surface area (Å²) in [6.45, 7) is 0.296. The van der Waals surface area contributed by atoms with Gasteiger partial charge in [0.1, 0.15) is 18.1 Å². The van der Waals surface area contributed by atoms with Crippen molar-refractivity contribution < 1.29 is 18.7 Å². The van der Waals surface area contributed by atoms with Gasteiger partial charge in [0.2, 0.25) is 0 Å². The van der Waals surface area contributed by atoms with Crippen molar-refractivity contribution in [2.45, 2.75) is 6.61 Å². The van der Waals surface area contributed by atoms with E-state index in [9.17, 15) is 9.18 Å². The number of hydrogen-bond acceptors (Lipinski definition) is 5. The lowest BCUT2D eigenvalue weighted by Crippen LogP contribution is -2.19. The molecule has 0 saturated carbocycles. The summed E-state index contributed by atoms with van der Waals surface area (Å²) in [5.74, 6) is 0.322. The van der Waals surface area contributed by atoms with Crippen LogP contribution in [0.1, 0.15) is 11.1 Å². The van der Waals surface area contributed by atoms with Crippen LogP contribution in [0, 0.1) is 5.82 Å². The molecule has 0 bridgehead atoms. The number of nitrogens with zero attached hydrogens (tertiary/aromatic N) is 1. The van der Waals surface area contributed by atoms with Crippen molar-refractivity contribution in [1.29, 1.82) is 0 Å². The number of nitrogens with one attached hydrogen (secondary N) is 1. The minimum atomic E-state index is -0.454. The molecule has 1 aliphatic heterocycles. The third-order valence-electron chi connectivity index (χ3n) is 4.55. The number of amidine groups is 1. The number of methoxy groups -OCH3 is 1. The van der Waals surface area contributed by atoms with Crippen molar-refractivity contribution in [3.8, 4) is 11.5 Å². The van der Waals surface area contributed by atoms with E-state index in [1.54, 1.807) is 49.6 Å². The first-order valence-electron chi connectivity index (χ1n) is 9.62. The van der Waals surface area contributed by atoms with E-state index in [0.717, 1.165) is 22.9 Å². The number of rotatable bonds is 6. The molecule has 0 spiro atoms. The van der Waals surface area contributed by atoms with Crippen LogP contribution in [-0.2, 0) is 11.4 Å². The maximum Gasteiger partial charge on any atom is 0.264 e. The third-order valence-corrected chi connectivity index (χ3v) is 5.83. The van der Waals surface area contributed by atoms with E-state index in [0.29, 0.717) is 33.2 Å². The second-order valence-electron chi connectivity index (χ2n) is 6.72. The molecule has 8 heteroatoms. The number of halogens is 2. The fourth-order valence-electron chi connectivity index (χ4n) is 2.95. The summed E-state index contributed by atoms with van der Waals surface area (Å²) in [7, 11) is 1.55. The Labute approximate surface area is 193 Å². The van der Waals surface area contributed by atoms with Gasteiger partial charge in [0, 0.05) is 10.6 Å². The number of carbonyl (C=O) groups excluding carboxylic acids is 1. The molecule has 0 unspecified atom stereocenters. The van der Waals surface area contributed by atoms with Crippen molar-refractivity contribution >= 4 is 46.2 Å². The molecule has 1 heterocycles. The quantitative estimate of drug-likeness (QED) is 0.453. The number of benzene rings is 3. The van der Waals surface area contributed by atoms with Gasteiger partial charge in [-0.25, -0.2) is 9.38 Å². The number of para-hydroxylation sites is 1. The van der Waals surface area contributed by atoms with Gasteiger partial charge in [0.05, 0.1) is 12.0 Å². The van der Waals surface area contributed by atoms with Crippen LogP contribution in [0.25, 0.3) is 6.08 Å². The predicted molar refractivity (Wildman–Crippen MR) is 126 cm³/mol. The molecular formula is C24H18ClFN2O3S. The Kier molecular flexibility index (Phi) is 6.78. The van der Waals surface area contributed by atoms with E-state index in [2.05, 4.69) is 10.3 Å². The van der Waals surface area contributed by atoms with Gasteiger partial charge in [-0.2, -0.15) is 0 Å². The Morgan fingerprint density at radius 1 is 1.09 bits per heavy atom. The summed E-state index contributed by atoms with van der Waals surface area (Å²) in [5.41, 5.74) is 1.78. The topological polar surface area (TPSA) is 59.9 Å². The van der Waals surface area contributed by atoms with Crippen molar-refractivity contribution in [2.75, 3.05) is 7.11 Å². The Bertz CT molecular complexity index is 1230. The summed E-state index contributed by atoms with van der Waals surface area (Å²) >= 11 is 7.32. The van der Waals surface area contributed by atoms with Gasteiger partial charge in [0.15, 0.2) is 16.7 Å². The highest BCUT2D eigenvalue weighted by Gasteiger charge is 2.24. The van der Waals surface area contributed by atoms with Crippen molar-refractivity contribution in [3.63, 3.8) is 0 Å². The van der Waals surface area contributed by atoms with Crippen molar-refractivity contribution in [3.05, 3.63) is 93.6 Å². The van der Waals surface area contributed by atoms with Gasteiger partial charge in [0.25, 0.3) is 5.91 Å². The van der Waals surface area contributed by atoms with E-state index in [1.807, 2.05) is 24.3 Å². The number of ether oxygens (including phenoxy) is 2. The molecular weight excluding hydrogens is 451 g/mol. The van der Waals surface area contributed by atoms with Gasteiger partial charge in [-0.1, -0.05) is 48.0 Å². The lowest BCUT2D eigenvalue weighted by Gasteiger charge is -2.12. The predicted octanol–water partition coefficient (Wildman–Crippen LogP) is 5.96. The summed E-state index contributed by atoms with van der Waals surface area (Å²) in [6.07, 6.45) is 1.71. The van der Waals surface area contributed by atoms with E-state index >= 15 is 0 Å². The largest absolute Gasteiger partial charge is 0.493 e. The Balaban J connectivity index is 1.51. The van der Waals surface area contributed by atoms with Crippen LogP contribution in [0.5, 0.6) is 11.5 Å². The number of thioether (sulfide) groups is 1. The molecule has 5 nitrogen and oxygen atoms in total. The smallest absolute Gasteiger partial charge is 0.264 e. The first kappa shape index (κ1) is 21.9. The molecule has 3 aromatic carbocycles. The fraction of sp³-hybridized carbons (Fsp3) is 0.0833. The number of carbonyl (C=O) groups is 1. The van der Waals surface area contributed by atoms with Crippen LogP contribution in [0.3, 0.4) is 0 Å². The maximum absolute atomic E-state index is 13.8. The molecule has 3 aromatic rings. The highest BCUT2D eigenvalue weighted by Crippen LogP contribution is 2.33. The van der Waals surface area contributed by atoms with Crippen LogP contribution in [-0.4, -0.2) is 18.2 Å². The zero-order valence-corrected chi connectivity index (χ0v) is 18.5. The molecule has 0 aliphatic carbocycles. The SMILES string of the molecule is COc1cc(/C=C2\SC(=Nc3ccccc3F)NC2=O)ccc1OCc1ccccc1Cl. The van der Waals surface area contributed by atoms with Gasteiger partial charge < -0.3 is 14.8 Å². The Morgan fingerprint density at radius 3 is 2.66 bits per heavy atom. The highest BCUT2D eigenvalue weighted by atomic mass is 35.5. The van der Waals surface area contributed by atoms with Gasteiger partial charge in [-0.05, 0) is 53.7 Å². The lowest BCUT2D eigenvalue weighted by molar-refractivity contribution is -0.115. The first-order chi connectivity index (χ1) is 15.5. The van der Waals surface area contributed by atoms with Crippen molar-refractivity contribution in [1.82, 2.24) is 5.32 Å². The third kappa shape index (κ3) is 5.12. The molecule has 0 radical (unpaired) electrons.